The van der Waals surface area contributed by atoms with Crippen LogP contribution in [0.25, 0.3) is 0 Å². The maximum atomic E-state index is 13.2. The number of unbranched alkanes of at least 4 members (excludes halogenated alkanes) is 19. The Morgan fingerprint density at radius 3 is 1.27 bits per heavy atom. The molecule has 0 aliphatic carbocycles. The summed E-state index contributed by atoms with van der Waals surface area (Å²) >= 11 is 0. The number of ether oxygens (including phenoxy) is 6. The summed E-state index contributed by atoms with van der Waals surface area (Å²) in [5, 5.41) is 120. The summed E-state index contributed by atoms with van der Waals surface area (Å²) in [6.45, 7) is 1.52. The standard InChI is InChI=1S/C65H113NO18/c1-3-5-7-9-10-11-12-13-14-15-16-17-18-19-20-21-22-23-24-25-26-27-28-29-30-31-32-33-34-35-36-37-38-39-41-43-53(71)66-48(49(70)42-40-8-6-4-2)47-79-63-59(77)56(74)61(51(45-68)81-63)84-65-60(78)57(75)62(52(46-69)82-65)83-64-58(76)55(73)54(72)50(44-67)80-64/h5,7,10-11,13-14,16-17,19-20,22-23,48-52,54-65,67-70,72-78H,3-4,6,8-9,12,15,18,21,24-47H2,1-2H3,(H,66,71)/b7-5-,11-10-,14-13-,17-16-,20-19-,23-22-. The smallest absolute Gasteiger partial charge is 0.220 e. The lowest BCUT2D eigenvalue weighted by molar-refractivity contribution is -0.379. The van der Waals surface area contributed by atoms with E-state index in [9.17, 15) is 61.0 Å². The zero-order valence-corrected chi connectivity index (χ0v) is 50.9. The topological polar surface area (TPSA) is 307 Å². The highest BCUT2D eigenvalue weighted by atomic mass is 16.8. The molecule has 3 saturated heterocycles. The Kier molecular flexibility index (Phi) is 42.5. The second-order valence-electron chi connectivity index (χ2n) is 22.8. The van der Waals surface area contributed by atoms with Gasteiger partial charge in [0.25, 0.3) is 0 Å². The summed E-state index contributed by atoms with van der Waals surface area (Å²) in [4.78, 5) is 13.2. The normalized spacial score (nSPS) is 29.7. The lowest BCUT2D eigenvalue weighted by atomic mass is 9.96. The number of nitrogens with one attached hydrogen (secondary N) is 1. The summed E-state index contributed by atoms with van der Waals surface area (Å²) in [7, 11) is 0. The molecule has 3 aliphatic heterocycles. The van der Waals surface area contributed by atoms with Crippen molar-refractivity contribution >= 4 is 5.91 Å². The summed E-state index contributed by atoms with van der Waals surface area (Å²) in [5.41, 5.74) is 0. The third-order valence-electron chi connectivity index (χ3n) is 15.8. The molecule has 486 valence electrons. The number of allylic oxidation sites excluding steroid dienone is 12. The van der Waals surface area contributed by atoms with Gasteiger partial charge in [0.2, 0.25) is 5.91 Å². The van der Waals surface area contributed by atoms with Crippen molar-refractivity contribution in [2.24, 2.45) is 0 Å². The van der Waals surface area contributed by atoms with Gasteiger partial charge in [0.15, 0.2) is 18.9 Å². The highest BCUT2D eigenvalue weighted by Crippen LogP contribution is 2.33. The van der Waals surface area contributed by atoms with Crippen LogP contribution in [0.4, 0.5) is 0 Å². The molecule has 0 aromatic carbocycles. The van der Waals surface area contributed by atoms with Crippen molar-refractivity contribution in [3.8, 4) is 0 Å². The van der Waals surface area contributed by atoms with E-state index in [1.54, 1.807) is 0 Å². The van der Waals surface area contributed by atoms with Gasteiger partial charge in [-0.25, -0.2) is 0 Å². The van der Waals surface area contributed by atoms with Crippen molar-refractivity contribution in [2.45, 2.75) is 304 Å². The predicted molar refractivity (Wildman–Crippen MR) is 323 cm³/mol. The minimum atomic E-state index is -1.97. The van der Waals surface area contributed by atoms with Gasteiger partial charge in [-0.1, -0.05) is 202 Å². The van der Waals surface area contributed by atoms with Gasteiger partial charge >= 0.3 is 0 Å². The molecular formula is C65H113NO18. The summed E-state index contributed by atoms with van der Waals surface area (Å²) in [6.07, 6.45) is 31.1. The number of hydrogen-bond donors (Lipinski definition) is 12. The van der Waals surface area contributed by atoms with Gasteiger partial charge in [-0.15, -0.1) is 0 Å². The van der Waals surface area contributed by atoms with E-state index in [0.717, 1.165) is 77.0 Å². The van der Waals surface area contributed by atoms with Crippen LogP contribution in [-0.2, 0) is 33.2 Å². The maximum Gasteiger partial charge on any atom is 0.220 e. The summed E-state index contributed by atoms with van der Waals surface area (Å²) in [5.74, 6) is -0.255. The number of carbonyl (C=O) groups excluding carboxylic acids is 1. The molecule has 1 amide bonds. The molecule has 3 rings (SSSR count). The van der Waals surface area contributed by atoms with Crippen LogP contribution in [0.2, 0.25) is 0 Å². The van der Waals surface area contributed by atoms with Gasteiger partial charge in [-0.05, 0) is 64.2 Å². The Morgan fingerprint density at radius 1 is 0.440 bits per heavy atom. The molecule has 19 nitrogen and oxygen atoms in total. The summed E-state index contributed by atoms with van der Waals surface area (Å²) < 4.78 is 34.1. The average Bonchev–Trinajstić information content (AvgIpc) is 3.52. The third kappa shape index (κ3) is 30.0. The van der Waals surface area contributed by atoms with Gasteiger partial charge in [0.05, 0.1) is 38.6 Å². The van der Waals surface area contributed by atoms with E-state index in [1.807, 2.05) is 0 Å². The average molecular weight is 1200 g/mol. The van der Waals surface area contributed by atoms with E-state index in [2.05, 4.69) is 92.1 Å². The monoisotopic (exact) mass is 1200 g/mol. The van der Waals surface area contributed by atoms with Crippen molar-refractivity contribution in [3.63, 3.8) is 0 Å². The Balaban J connectivity index is 1.26. The lowest BCUT2D eigenvalue weighted by Crippen LogP contribution is -2.66. The Bertz CT molecular complexity index is 1810. The molecule has 3 heterocycles. The summed E-state index contributed by atoms with van der Waals surface area (Å²) in [6, 6.07) is -0.885. The van der Waals surface area contributed by atoms with Crippen LogP contribution >= 0.6 is 0 Å². The zero-order chi connectivity index (χ0) is 61.2. The molecular weight excluding hydrogens is 1080 g/mol. The van der Waals surface area contributed by atoms with E-state index in [-0.39, 0.29) is 18.9 Å². The maximum absolute atomic E-state index is 13.2. The first-order valence-corrected chi connectivity index (χ1v) is 32.2. The van der Waals surface area contributed by atoms with Crippen LogP contribution in [0.15, 0.2) is 72.9 Å². The number of aliphatic hydroxyl groups excluding tert-OH is 11. The van der Waals surface area contributed by atoms with Crippen molar-refractivity contribution in [2.75, 3.05) is 26.4 Å². The quantitative estimate of drug-likeness (QED) is 0.0216. The molecule has 0 aromatic rings. The molecule has 0 bridgehead atoms. The molecule has 3 fully saturated rings. The molecule has 12 N–H and O–H groups in total. The fourth-order valence-electron chi connectivity index (χ4n) is 10.6. The highest BCUT2D eigenvalue weighted by molar-refractivity contribution is 5.76. The number of amides is 1. The van der Waals surface area contributed by atoms with Crippen molar-refractivity contribution in [1.29, 1.82) is 0 Å². The minimum absolute atomic E-state index is 0.255. The van der Waals surface area contributed by atoms with Crippen LogP contribution in [-0.4, -0.2) is 193 Å². The fraction of sp³-hybridized carbons (Fsp3) is 0.800. The molecule has 0 radical (unpaired) electrons. The first-order chi connectivity index (χ1) is 40.8. The van der Waals surface area contributed by atoms with Gasteiger partial charge < -0.3 is 89.9 Å². The zero-order valence-electron chi connectivity index (χ0n) is 50.9. The molecule has 0 spiro atoms. The van der Waals surface area contributed by atoms with E-state index in [1.165, 1.54) is 83.5 Å². The largest absolute Gasteiger partial charge is 0.394 e. The van der Waals surface area contributed by atoms with Crippen molar-refractivity contribution in [1.82, 2.24) is 5.32 Å². The molecule has 17 unspecified atom stereocenters. The SMILES string of the molecule is CC/C=C\C/C=C\C/C=C\C/C=C\C/C=C\C/C=C\CCCCCCCCCCCCCCCCCCC(=O)NC(COC1OC(CO)C(OC2OC(CO)C(OC3OC(CO)C(O)C(O)C3O)C(O)C2O)C(O)C1O)C(O)CCCCCC. The van der Waals surface area contributed by atoms with E-state index < -0.39 is 124 Å². The Hall–Kier alpha value is -2.77. The number of hydrogen-bond acceptors (Lipinski definition) is 18. The third-order valence-corrected chi connectivity index (χ3v) is 15.8. The van der Waals surface area contributed by atoms with E-state index in [0.29, 0.717) is 19.3 Å². The molecule has 19 heteroatoms. The number of rotatable bonds is 47. The van der Waals surface area contributed by atoms with Gasteiger partial charge in [-0.3, -0.25) is 4.79 Å². The molecule has 3 aliphatic rings. The number of aliphatic hydroxyl groups is 11. The first kappa shape index (κ1) is 75.5. The van der Waals surface area contributed by atoms with Gasteiger partial charge in [0.1, 0.15) is 73.2 Å². The van der Waals surface area contributed by atoms with Crippen LogP contribution in [0.3, 0.4) is 0 Å². The highest BCUT2D eigenvalue weighted by Gasteiger charge is 2.53. The number of carbonyl (C=O) groups is 1. The van der Waals surface area contributed by atoms with Crippen LogP contribution < -0.4 is 5.32 Å². The van der Waals surface area contributed by atoms with Crippen molar-refractivity contribution < 1.29 is 89.4 Å². The second-order valence-corrected chi connectivity index (χ2v) is 22.8. The van der Waals surface area contributed by atoms with Crippen LogP contribution in [0, 0.1) is 0 Å². The van der Waals surface area contributed by atoms with E-state index >= 15 is 0 Å². The Morgan fingerprint density at radius 2 is 0.821 bits per heavy atom. The Labute approximate surface area is 502 Å². The first-order valence-electron chi connectivity index (χ1n) is 32.2. The van der Waals surface area contributed by atoms with Crippen LogP contribution in [0.1, 0.15) is 200 Å². The van der Waals surface area contributed by atoms with E-state index in [4.69, 9.17) is 28.4 Å². The molecule has 0 saturated carbocycles. The van der Waals surface area contributed by atoms with Crippen LogP contribution in [0.5, 0.6) is 0 Å². The molecule has 17 atom stereocenters. The minimum Gasteiger partial charge on any atom is -0.394 e. The predicted octanol–water partition coefficient (Wildman–Crippen LogP) is 6.99. The molecule has 84 heavy (non-hydrogen) atoms. The van der Waals surface area contributed by atoms with Gasteiger partial charge in [0, 0.05) is 6.42 Å². The second kappa shape index (κ2) is 47.3. The lowest BCUT2D eigenvalue weighted by Gasteiger charge is -2.48. The van der Waals surface area contributed by atoms with Gasteiger partial charge in [-0.2, -0.15) is 0 Å². The molecule has 0 aromatic heterocycles. The fourth-order valence-corrected chi connectivity index (χ4v) is 10.6. The van der Waals surface area contributed by atoms with Crippen molar-refractivity contribution in [3.05, 3.63) is 72.9 Å².